The van der Waals surface area contributed by atoms with Gasteiger partial charge in [-0.15, -0.1) is 16.4 Å². The Morgan fingerprint density at radius 3 is 2.93 bits per heavy atom. The smallest absolute Gasteiger partial charge is 0.231 e. The Morgan fingerprint density at radius 1 is 1.30 bits per heavy atom. The first kappa shape index (κ1) is 18.6. The average molecular weight is 421 g/mol. The fourth-order valence-corrected chi connectivity index (χ4v) is 4.16. The van der Waals surface area contributed by atoms with Crippen molar-refractivity contribution in [1.29, 1.82) is 0 Å². The Labute approximate surface area is 176 Å². The quantitative estimate of drug-likeness (QED) is 0.530. The molecule has 0 bridgehead atoms. The summed E-state index contributed by atoms with van der Waals surface area (Å²) in [5.74, 6) is 0.617. The molecule has 5 rings (SSSR count). The molecule has 1 N–H and O–H groups in total. The average Bonchev–Trinajstić information content (AvgIpc) is 3.33. The molecule has 1 aromatic carbocycles. The summed E-state index contributed by atoms with van der Waals surface area (Å²) in [5, 5.41) is 14.4. The first-order valence-electron chi connectivity index (χ1n) is 9.75. The number of carbonyl (C=O) groups excluding carboxylic acids is 1. The first-order valence-corrected chi connectivity index (χ1v) is 10.6. The standard InChI is InChI=1S/C20H20N8OS/c1-3-28-19-17(25-26-28)18(21-11-22-19)27-8-14(9-27)20(29)24-15-6-4-5-13(7-15)16-10-30-12(2)23-16/h4-7,10-11,14H,3,8-9H2,1-2H3,(H,24,29). The number of amides is 1. The van der Waals surface area contributed by atoms with E-state index in [9.17, 15) is 4.79 Å². The molecular weight excluding hydrogens is 400 g/mol. The van der Waals surface area contributed by atoms with Crippen LogP contribution in [-0.4, -0.2) is 48.9 Å². The van der Waals surface area contributed by atoms with Gasteiger partial charge in [0.15, 0.2) is 17.0 Å². The van der Waals surface area contributed by atoms with Gasteiger partial charge in [0.05, 0.1) is 16.6 Å². The fraction of sp³-hybridized carbons (Fsp3) is 0.300. The van der Waals surface area contributed by atoms with E-state index in [1.54, 1.807) is 16.0 Å². The van der Waals surface area contributed by atoms with E-state index in [-0.39, 0.29) is 11.8 Å². The summed E-state index contributed by atoms with van der Waals surface area (Å²) in [6.07, 6.45) is 1.52. The van der Waals surface area contributed by atoms with E-state index in [0.717, 1.165) is 27.8 Å². The summed E-state index contributed by atoms with van der Waals surface area (Å²) >= 11 is 1.61. The molecule has 0 aliphatic carbocycles. The van der Waals surface area contributed by atoms with E-state index in [0.29, 0.717) is 30.8 Å². The minimum atomic E-state index is -0.110. The van der Waals surface area contributed by atoms with Crippen molar-refractivity contribution in [1.82, 2.24) is 29.9 Å². The Bertz CT molecular complexity index is 1230. The molecule has 1 aliphatic heterocycles. The van der Waals surface area contributed by atoms with Crippen LogP contribution in [0.15, 0.2) is 36.0 Å². The molecule has 1 amide bonds. The summed E-state index contributed by atoms with van der Waals surface area (Å²) in [4.78, 5) is 27.9. The molecule has 3 aromatic heterocycles. The van der Waals surface area contributed by atoms with Crippen LogP contribution in [0.5, 0.6) is 0 Å². The van der Waals surface area contributed by atoms with Gasteiger partial charge in [-0.2, -0.15) is 0 Å². The molecule has 0 unspecified atom stereocenters. The van der Waals surface area contributed by atoms with Gasteiger partial charge < -0.3 is 10.2 Å². The number of anilines is 2. The number of hydrogen-bond acceptors (Lipinski definition) is 8. The van der Waals surface area contributed by atoms with Gasteiger partial charge in [-0.1, -0.05) is 17.3 Å². The highest BCUT2D eigenvalue weighted by Crippen LogP contribution is 2.29. The Balaban J connectivity index is 1.26. The molecule has 1 saturated heterocycles. The molecule has 30 heavy (non-hydrogen) atoms. The lowest BCUT2D eigenvalue weighted by Crippen LogP contribution is -2.52. The number of thiazole rings is 1. The highest BCUT2D eigenvalue weighted by molar-refractivity contribution is 7.09. The summed E-state index contributed by atoms with van der Waals surface area (Å²) in [6.45, 7) is 5.84. The molecule has 0 radical (unpaired) electrons. The van der Waals surface area contributed by atoms with Crippen molar-refractivity contribution in [3.63, 3.8) is 0 Å². The van der Waals surface area contributed by atoms with Crippen LogP contribution in [0.25, 0.3) is 22.4 Å². The minimum absolute atomic E-state index is 0.000343. The Hall–Kier alpha value is -3.40. The minimum Gasteiger partial charge on any atom is -0.353 e. The molecule has 9 nitrogen and oxygen atoms in total. The Kier molecular flexibility index (Phi) is 4.62. The van der Waals surface area contributed by atoms with Crippen LogP contribution in [0.3, 0.4) is 0 Å². The van der Waals surface area contributed by atoms with E-state index >= 15 is 0 Å². The summed E-state index contributed by atoms with van der Waals surface area (Å²) in [6, 6.07) is 7.79. The number of aryl methyl sites for hydroxylation is 2. The molecule has 152 valence electrons. The third kappa shape index (κ3) is 3.28. The molecule has 0 saturated carbocycles. The molecule has 1 fully saturated rings. The number of nitrogens with one attached hydrogen (secondary N) is 1. The molecular formula is C20H20N8OS. The zero-order valence-electron chi connectivity index (χ0n) is 16.6. The van der Waals surface area contributed by atoms with Crippen LogP contribution in [0.2, 0.25) is 0 Å². The molecule has 4 aromatic rings. The van der Waals surface area contributed by atoms with E-state index in [4.69, 9.17) is 0 Å². The second-order valence-electron chi connectivity index (χ2n) is 7.20. The largest absolute Gasteiger partial charge is 0.353 e. The molecule has 10 heteroatoms. The highest BCUT2D eigenvalue weighted by Gasteiger charge is 2.35. The van der Waals surface area contributed by atoms with Crippen LogP contribution in [0.4, 0.5) is 11.5 Å². The number of carbonyl (C=O) groups is 1. The van der Waals surface area contributed by atoms with Crippen molar-refractivity contribution in [2.24, 2.45) is 5.92 Å². The lowest BCUT2D eigenvalue weighted by molar-refractivity contribution is -0.120. The van der Waals surface area contributed by atoms with Gasteiger partial charge >= 0.3 is 0 Å². The molecule has 1 aliphatic rings. The predicted molar refractivity (Wildman–Crippen MR) is 115 cm³/mol. The van der Waals surface area contributed by atoms with Gasteiger partial charge in [0, 0.05) is 36.3 Å². The number of hydrogen-bond donors (Lipinski definition) is 1. The monoisotopic (exact) mass is 420 g/mol. The van der Waals surface area contributed by atoms with E-state index in [1.165, 1.54) is 6.33 Å². The SMILES string of the molecule is CCn1nnc2c(N3CC(C(=O)Nc4cccc(-c5csc(C)n5)c4)C3)ncnc21. The maximum Gasteiger partial charge on any atom is 0.231 e. The van der Waals surface area contributed by atoms with Gasteiger partial charge in [0.1, 0.15) is 6.33 Å². The topological polar surface area (TPSA) is 102 Å². The van der Waals surface area contributed by atoms with Crippen molar-refractivity contribution in [3.05, 3.63) is 41.0 Å². The lowest BCUT2D eigenvalue weighted by Gasteiger charge is -2.38. The summed E-state index contributed by atoms with van der Waals surface area (Å²) in [5.41, 5.74) is 4.08. The van der Waals surface area contributed by atoms with Crippen molar-refractivity contribution in [2.75, 3.05) is 23.3 Å². The van der Waals surface area contributed by atoms with Crippen molar-refractivity contribution < 1.29 is 4.79 Å². The number of aromatic nitrogens is 6. The Morgan fingerprint density at radius 2 is 2.17 bits per heavy atom. The highest BCUT2D eigenvalue weighted by atomic mass is 32.1. The normalized spacial score (nSPS) is 14.1. The second-order valence-corrected chi connectivity index (χ2v) is 8.26. The van der Waals surface area contributed by atoms with Crippen molar-refractivity contribution in [3.8, 4) is 11.3 Å². The molecule has 0 atom stereocenters. The molecule has 0 spiro atoms. The van der Waals surface area contributed by atoms with Gasteiger partial charge in [0.2, 0.25) is 5.91 Å². The maximum absolute atomic E-state index is 12.7. The molecule has 4 heterocycles. The summed E-state index contributed by atoms with van der Waals surface area (Å²) in [7, 11) is 0. The van der Waals surface area contributed by atoms with Crippen LogP contribution >= 0.6 is 11.3 Å². The van der Waals surface area contributed by atoms with Crippen LogP contribution < -0.4 is 10.2 Å². The van der Waals surface area contributed by atoms with Crippen LogP contribution in [0, 0.1) is 12.8 Å². The second kappa shape index (κ2) is 7.45. The number of fused-ring (bicyclic) bond motifs is 1. The lowest BCUT2D eigenvalue weighted by atomic mass is 9.99. The third-order valence-electron chi connectivity index (χ3n) is 5.18. The van der Waals surface area contributed by atoms with E-state index in [2.05, 4.69) is 30.6 Å². The van der Waals surface area contributed by atoms with Crippen molar-refractivity contribution in [2.45, 2.75) is 20.4 Å². The fourth-order valence-electron chi connectivity index (χ4n) is 3.54. The van der Waals surface area contributed by atoms with Crippen LogP contribution in [-0.2, 0) is 11.3 Å². The van der Waals surface area contributed by atoms with Gasteiger partial charge in [0.25, 0.3) is 0 Å². The van der Waals surface area contributed by atoms with E-state index in [1.807, 2.05) is 48.4 Å². The van der Waals surface area contributed by atoms with Crippen molar-refractivity contribution >= 4 is 39.9 Å². The number of nitrogens with zero attached hydrogens (tertiary/aromatic N) is 7. The van der Waals surface area contributed by atoms with E-state index < -0.39 is 0 Å². The maximum atomic E-state index is 12.7. The van der Waals surface area contributed by atoms with Gasteiger partial charge in [-0.3, -0.25) is 4.79 Å². The zero-order valence-corrected chi connectivity index (χ0v) is 17.4. The third-order valence-corrected chi connectivity index (χ3v) is 5.95. The van der Waals surface area contributed by atoms with Crippen LogP contribution in [0.1, 0.15) is 11.9 Å². The summed E-state index contributed by atoms with van der Waals surface area (Å²) < 4.78 is 1.74. The predicted octanol–water partition coefficient (Wildman–Crippen LogP) is 2.75. The van der Waals surface area contributed by atoms with Gasteiger partial charge in [-0.25, -0.2) is 19.6 Å². The number of rotatable bonds is 5. The first-order chi connectivity index (χ1) is 14.6. The number of benzene rings is 1. The van der Waals surface area contributed by atoms with Gasteiger partial charge in [-0.05, 0) is 26.0 Å². The zero-order chi connectivity index (χ0) is 20.7.